The topological polar surface area (TPSA) is 41.6 Å². The molecule has 1 N–H and O–H groups in total. The van der Waals surface area contributed by atoms with E-state index in [1.54, 1.807) is 30.0 Å². The quantitative estimate of drug-likeness (QED) is 0.687. The van der Waals surface area contributed by atoms with Gasteiger partial charge in [-0.1, -0.05) is 24.3 Å². The van der Waals surface area contributed by atoms with Crippen LogP contribution in [0.25, 0.3) is 0 Å². The maximum Gasteiger partial charge on any atom is 0.225 e. The highest BCUT2D eigenvalue weighted by atomic mass is 32.2. The zero-order chi connectivity index (χ0) is 18.1. The average Bonchev–Trinajstić information content (AvgIpc) is 2.62. The molecule has 0 saturated heterocycles. The van der Waals surface area contributed by atoms with Crippen LogP contribution in [0.4, 0.5) is 10.1 Å². The number of nitrogens with zero attached hydrogens (tertiary/aromatic N) is 1. The van der Waals surface area contributed by atoms with Gasteiger partial charge in [0.1, 0.15) is 6.61 Å². The highest BCUT2D eigenvalue weighted by Gasteiger charge is 2.08. The Morgan fingerprint density at radius 1 is 1.16 bits per heavy atom. The lowest BCUT2D eigenvalue weighted by Gasteiger charge is -2.17. The minimum absolute atomic E-state index is 0.0247. The molecule has 0 aliphatic rings. The number of hydrogen-bond acceptors (Lipinski definition) is 4. The summed E-state index contributed by atoms with van der Waals surface area (Å²) >= 11 is 1.60. The van der Waals surface area contributed by atoms with E-state index in [0.29, 0.717) is 26.1 Å². The Morgan fingerprint density at radius 2 is 1.88 bits per heavy atom. The number of para-hydroxylation sites is 2. The summed E-state index contributed by atoms with van der Waals surface area (Å²) in [4.78, 5) is 15.1. The van der Waals surface area contributed by atoms with Crippen LogP contribution in [0.3, 0.4) is 0 Å². The van der Waals surface area contributed by atoms with Crippen LogP contribution in [-0.2, 0) is 4.79 Å². The van der Waals surface area contributed by atoms with E-state index in [2.05, 4.69) is 5.32 Å². The molecule has 0 atom stereocenters. The number of amides is 1. The predicted molar refractivity (Wildman–Crippen MR) is 101 cm³/mol. The number of thioether (sulfide) groups is 1. The summed E-state index contributed by atoms with van der Waals surface area (Å²) in [7, 11) is 1.91. The molecule has 0 aromatic heterocycles. The van der Waals surface area contributed by atoms with Crippen LogP contribution >= 0.6 is 11.8 Å². The third-order valence-electron chi connectivity index (χ3n) is 3.67. The highest BCUT2D eigenvalue weighted by molar-refractivity contribution is 7.98. The average molecular weight is 362 g/mol. The summed E-state index contributed by atoms with van der Waals surface area (Å²) in [6, 6.07) is 14.1. The first kappa shape index (κ1) is 19.3. The zero-order valence-electron chi connectivity index (χ0n) is 14.5. The van der Waals surface area contributed by atoms with Gasteiger partial charge in [0.25, 0.3) is 0 Å². The molecule has 2 aromatic carbocycles. The fraction of sp³-hybridized carbons (Fsp3) is 0.316. The van der Waals surface area contributed by atoms with Gasteiger partial charge in [0.2, 0.25) is 5.91 Å². The Morgan fingerprint density at radius 3 is 2.64 bits per heavy atom. The van der Waals surface area contributed by atoms with Crippen LogP contribution in [0, 0.1) is 5.82 Å². The fourth-order valence-corrected chi connectivity index (χ4v) is 2.79. The lowest BCUT2D eigenvalue weighted by molar-refractivity contribution is -0.116. The van der Waals surface area contributed by atoms with Gasteiger partial charge >= 0.3 is 0 Å². The monoisotopic (exact) mass is 362 g/mol. The SMILES string of the molecule is CSc1ccccc1NC(=O)CCN(C)CCOc1ccccc1F. The molecular weight excluding hydrogens is 339 g/mol. The Kier molecular flexibility index (Phi) is 7.76. The van der Waals surface area contributed by atoms with E-state index in [4.69, 9.17) is 4.74 Å². The molecule has 1 amide bonds. The molecule has 0 aliphatic heterocycles. The molecule has 0 unspecified atom stereocenters. The fourth-order valence-electron chi connectivity index (χ4n) is 2.24. The molecule has 0 bridgehead atoms. The van der Waals surface area contributed by atoms with Crippen molar-refractivity contribution < 1.29 is 13.9 Å². The summed E-state index contributed by atoms with van der Waals surface area (Å²) in [6.07, 6.45) is 2.37. The molecule has 0 aliphatic carbocycles. The van der Waals surface area contributed by atoms with Gasteiger partial charge in [-0.15, -0.1) is 11.8 Å². The number of ether oxygens (including phenoxy) is 1. The van der Waals surface area contributed by atoms with Crippen LogP contribution < -0.4 is 10.1 Å². The molecule has 25 heavy (non-hydrogen) atoms. The number of rotatable bonds is 9. The summed E-state index contributed by atoms with van der Waals surface area (Å²) in [5.41, 5.74) is 0.838. The number of nitrogens with one attached hydrogen (secondary N) is 1. The van der Waals surface area contributed by atoms with Gasteiger partial charge < -0.3 is 15.0 Å². The predicted octanol–water partition coefficient (Wildman–Crippen LogP) is 3.89. The Labute approximate surface area is 152 Å². The highest BCUT2D eigenvalue weighted by Crippen LogP contribution is 2.24. The molecule has 0 radical (unpaired) electrons. The first-order valence-electron chi connectivity index (χ1n) is 8.09. The summed E-state index contributed by atoms with van der Waals surface area (Å²) < 4.78 is 18.9. The third kappa shape index (κ3) is 6.40. The van der Waals surface area contributed by atoms with E-state index in [9.17, 15) is 9.18 Å². The number of benzene rings is 2. The van der Waals surface area contributed by atoms with Crippen LogP contribution in [0.15, 0.2) is 53.4 Å². The molecule has 4 nitrogen and oxygen atoms in total. The second kappa shape index (κ2) is 10.1. The van der Waals surface area contributed by atoms with Gasteiger partial charge in [0, 0.05) is 24.4 Å². The first-order chi connectivity index (χ1) is 12.1. The second-order valence-electron chi connectivity index (χ2n) is 5.58. The lowest BCUT2D eigenvalue weighted by Crippen LogP contribution is -2.28. The number of hydrogen-bond donors (Lipinski definition) is 1. The normalized spacial score (nSPS) is 10.7. The standard InChI is InChI=1S/C19H23FN2O2S/c1-22(13-14-24-17-9-5-3-7-15(17)20)12-11-19(23)21-16-8-4-6-10-18(16)25-2/h3-10H,11-14H2,1-2H3,(H,21,23). The van der Waals surface area contributed by atoms with E-state index < -0.39 is 0 Å². The van der Waals surface area contributed by atoms with Crippen LogP contribution in [0.5, 0.6) is 5.75 Å². The van der Waals surface area contributed by atoms with Gasteiger partial charge in [-0.2, -0.15) is 0 Å². The largest absolute Gasteiger partial charge is 0.489 e. The molecule has 0 heterocycles. The number of anilines is 1. The Bertz CT molecular complexity index is 697. The number of halogens is 1. The summed E-state index contributed by atoms with van der Waals surface area (Å²) in [6.45, 7) is 1.59. The van der Waals surface area contributed by atoms with Crippen molar-refractivity contribution in [1.29, 1.82) is 0 Å². The molecule has 0 spiro atoms. The van der Waals surface area contributed by atoms with E-state index in [1.807, 2.05) is 42.5 Å². The van der Waals surface area contributed by atoms with Crippen molar-refractivity contribution in [1.82, 2.24) is 4.90 Å². The Balaban J connectivity index is 1.70. The number of carbonyl (C=O) groups excluding carboxylic acids is 1. The molecule has 134 valence electrons. The van der Waals surface area contributed by atoms with Gasteiger partial charge in [-0.25, -0.2) is 4.39 Å². The smallest absolute Gasteiger partial charge is 0.225 e. The maximum absolute atomic E-state index is 13.4. The number of likely N-dealkylation sites (N-methyl/N-ethyl adjacent to an activating group) is 1. The first-order valence-corrected chi connectivity index (χ1v) is 9.31. The van der Waals surface area contributed by atoms with E-state index in [-0.39, 0.29) is 17.5 Å². The van der Waals surface area contributed by atoms with Gasteiger partial charge in [-0.3, -0.25) is 4.79 Å². The van der Waals surface area contributed by atoms with Crippen molar-refractivity contribution in [2.45, 2.75) is 11.3 Å². The van der Waals surface area contributed by atoms with E-state index >= 15 is 0 Å². The van der Waals surface area contributed by atoms with Crippen molar-refractivity contribution in [2.24, 2.45) is 0 Å². The minimum atomic E-state index is -0.364. The van der Waals surface area contributed by atoms with Crippen LogP contribution in [-0.4, -0.2) is 43.8 Å². The second-order valence-corrected chi connectivity index (χ2v) is 6.43. The Hall–Kier alpha value is -2.05. The van der Waals surface area contributed by atoms with Crippen LogP contribution in [0.2, 0.25) is 0 Å². The van der Waals surface area contributed by atoms with E-state index in [0.717, 1.165) is 10.6 Å². The lowest BCUT2D eigenvalue weighted by atomic mass is 10.3. The van der Waals surface area contributed by atoms with Gasteiger partial charge in [-0.05, 0) is 37.6 Å². The van der Waals surface area contributed by atoms with Crippen LogP contribution in [0.1, 0.15) is 6.42 Å². The molecule has 0 fully saturated rings. The van der Waals surface area contributed by atoms with Crippen molar-refractivity contribution in [3.63, 3.8) is 0 Å². The number of carbonyl (C=O) groups is 1. The molecule has 6 heteroatoms. The van der Waals surface area contributed by atoms with Crippen molar-refractivity contribution in [3.05, 3.63) is 54.3 Å². The van der Waals surface area contributed by atoms with Crippen molar-refractivity contribution in [2.75, 3.05) is 38.3 Å². The summed E-state index contributed by atoms with van der Waals surface area (Å²) in [5.74, 6) is -0.136. The molecule has 2 rings (SSSR count). The maximum atomic E-state index is 13.4. The van der Waals surface area contributed by atoms with Gasteiger partial charge in [0.05, 0.1) is 5.69 Å². The van der Waals surface area contributed by atoms with E-state index in [1.165, 1.54) is 6.07 Å². The molecule has 2 aromatic rings. The molecule has 0 saturated carbocycles. The van der Waals surface area contributed by atoms with Crippen molar-refractivity contribution in [3.8, 4) is 5.75 Å². The summed E-state index contributed by atoms with van der Waals surface area (Å²) in [5, 5.41) is 2.94. The van der Waals surface area contributed by atoms with Gasteiger partial charge in [0.15, 0.2) is 11.6 Å². The third-order valence-corrected chi connectivity index (χ3v) is 4.46. The minimum Gasteiger partial charge on any atom is -0.489 e. The molecular formula is C19H23FN2O2S. The zero-order valence-corrected chi connectivity index (χ0v) is 15.3. The van der Waals surface area contributed by atoms with Crippen molar-refractivity contribution >= 4 is 23.4 Å².